The number of carbonyl (C=O) groups excluding carboxylic acids is 3. The molecule has 2 N–H and O–H groups in total. The highest BCUT2D eigenvalue weighted by Crippen LogP contribution is 2.46. The van der Waals surface area contributed by atoms with Crippen LogP contribution in [0.4, 0.5) is 9.80 Å². The highest BCUT2D eigenvalue weighted by molar-refractivity contribution is 7.22. The van der Waals surface area contributed by atoms with Gasteiger partial charge in [-0.1, -0.05) is 30.3 Å². The van der Waals surface area contributed by atoms with E-state index in [0.717, 1.165) is 15.6 Å². The fraction of sp³-hybridized carbons (Fsp3) is 0.429. The minimum atomic E-state index is -0.912. The number of fused-ring (bicyclic) bond motifs is 1. The standard InChI is InChI=1S/C28H32N4O8S/c1-28(2,3)40-27(35)30-13-21(25(33)31-23-12-18-9-10-29-14-22(18)41-23)20-11-19(16-39-32(36)37)24(20)26(34)38-15-17-7-5-4-6-8-17/h4-10,12,14,19-21,24H,11,13,15-16H2,1-3H3,(H,30,35)(H,31,33)/t19-,20-,21+,24?/m0/s1. The Labute approximate surface area is 240 Å². The van der Waals surface area contributed by atoms with Crippen LogP contribution in [-0.4, -0.2) is 46.8 Å². The summed E-state index contributed by atoms with van der Waals surface area (Å²) < 4.78 is 11.8. The smallest absolute Gasteiger partial charge is 0.407 e. The van der Waals surface area contributed by atoms with Crippen molar-refractivity contribution in [2.45, 2.75) is 39.4 Å². The molecular weight excluding hydrogens is 552 g/mol. The molecule has 0 saturated heterocycles. The van der Waals surface area contributed by atoms with Gasteiger partial charge >= 0.3 is 12.1 Å². The number of thiophene rings is 1. The largest absolute Gasteiger partial charge is 0.461 e. The molecule has 0 spiro atoms. The van der Waals surface area contributed by atoms with Gasteiger partial charge in [0.2, 0.25) is 5.91 Å². The van der Waals surface area contributed by atoms with E-state index >= 15 is 0 Å². The van der Waals surface area contributed by atoms with E-state index in [1.807, 2.05) is 30.3 Å². The molecule has 0 bridgehead atoms. The van der Waals surface area contributed by atoms with E-state index in [1.165, 1.54) is 11.3 Å². The molecule has 2 aromatic heterocycles. The lowest BCUT2D eigenvalue weighted by atomic mass is 9.59. The van der Waals surface area contributed by atoms with Gasteiger partial charge in [0.05, 0.1) is 21.5 Å². The minimum Gasteiger partial charge on any atom is -0.461 e. The van der Waals surface area contributed by atoms with Crippen molar-refractivity contribution in [1.29, 1.82) is 0 Å². The van der Waals surface area contributed by atoms with Gasteiger partial charge in [-0.15, -0.1) is 21.5 Å². The van der Waals surface area contributed by atoms with E-state index in [-0.39, 0.29) is 26.2 Å². The van der Waals surface area contributed by atoms with Gasteiger partial charge < -0.3 is 24.9 Å². The maximum absolute atomic E-state index is 13.6. The van der Waals surface area contributed by atoms with Gasteiger partial charge in [-0.2, -0.15) is 0 Å². The molecule has 1 aromatic carbocycles. The molecular formula is C28H32N4O8S. The summed E-state index contributed by atoms with van der Waals surface area (Å²) in [5, 5.41) is 17.0. The van der Waals surface area contributed by atoms with Crippen molar-refractivity contribution in [3.63, 3.8) is 0 Å². The molecule has 0 radical (unpaired) electrons. The van der Waals surface area contributed by atoms with Crippen molar-refractivity contribution in [3.8, 4) is 0 Å². The van der Waals surface area contributed by atoms with Gasteiger partial charge in [0.15, 0.2) is 0 Å². The molecule has 218 valence electrons. The Morgan fingerprint density at radius 2 is 1.95 bits per heavy atom. The van der Waals surface area contributed by atoms with E-state index in [0.29, 0.717) is 5.00 Å². The second-order valence-corrected chi connectivity index (χ2v) is 11.9. The topological polar surface area (TPSA) is 159 Å². The molecule has 1 aliphatic rings. The average Bonchev–Trinajstić information content (AvgIpc) is 3.30. The zero-order chi connectivity index (χ0) is 29.6. The first-order valence-electron chi connectivity index (χ1n) is 13.1. The predicted molar refractivity (Wildman–Crippen MR) is 150 cm³/mol. The molecule has 4 atom stereocenters. The van der Waals surface area contributed by atoms with E-state index in [9.17, 15) is 24.5 Å². The second-order valence-electron chi connectivity index (χ2n) is 10.8. The number of rotatable bonds is 11. The van der Waals surface area contributed by atoms with Crippen LogP contribution in [0.15, 0.2) is 54.9 Å². The zero-order valence-electron chi connectivity index (χ0n) is 22.9. The molecule has 1 unspecified atom stereocenters. The Morgan fingerprint density at radius 3 is 2.63 bits per heavy atom. The first kappa shape index (κ1) is 29.7. The molecule has 41 heavy (non-hydrogen) atoms. The van der Waals surface area contributed by atoms with Crippen LogP contribution in [-0.2, 0) is 30.5 Å². The molecule has 0 aliphatic heterocycles. The number of benzene rings is 1. The number of esters is 1. The molecule has 1 saturated carbocycles. The third kappa shape index (κ3) is 8.13. The van der Waals surface area contributed by atoms with Gasteiger partial charge in [0.1, 0.15) is 18.8 Å². The zero-order valence-corrected chi connectivity index (χ0v) is 23.7. The van der Waals surface area contributed by atoms with Crippen LogP contribution in [0.5, 0.6) is 0 Å². The maximum atomic E-state index is 13.6. The van der Waals surface area contributed by atoms with E-state index in [2.05, 4.69) is 20.5 Å². The number of hydrogen-bond acceptors (Lipinski definition) is 10. The summed E-state index contributed by atoms with van der Waals surface area (Å²) >= 11 is 1.34. The first-order valence-corrected chi connectivity index (χ1v) is 13.9. The van der Waals surface area contributed by atoms with Crippen LogP contribution >= 0.6 is 11.3 Å². The number of hydrogen-bond donors (Lipinski definition) is 2. The summed E-state index contributed by atoms with van der Waals surface area (Å²) in [6.07, 6.45) is 2.92. The third-order valence-electron chi connectivity index (χ3n) is 6.72. The second kappa shape index (κ2) is 12.9. The Balaban J connectivity index is 1.54. The number of amides is 2. The number of pyridine rings is 1. The van der Waals surface area contributed by atoms with Gasteiger partial charge in [0.25, 0.3) is 5.09 Å². The number of carbonyl (C=O) groups is 3. The summed E-state index contributed by atoms with van der Waals surface area (Å²) in [7, 11) is 0. The van der Waals surface area contributed by atoms with Crippen molar-refractivity contribution < 1.29 is 33.8 Å². The molecule has 3 aromatic rings. The number of ether oxygens (including phenoxy) is 2. The summed E-state index contributed by atoms with van der Waals surface area (Å²) in [4.78, 5) is 58.9. The van der Waals surface area contributed by atoms with Gasteiger partial charge in [-0.3, -0.25) is 14.6 Å². The number of nitrogens with zero attached hydrogens (tertiary/aromatic N) is 2. The Hall–Kier alpha value is -4.26. The monoisotopic (exact) mass is 584 g/mol. The van der Waals surface area contributed by atoms with E-state index in [1.54, 1.807) is 45.3 Å². The summed E-state index contributed by atoms with van der Waals surface area (Å²) in [5.41, 5.74) is 0.0213. The molecule has 1 fully saturated rings. The van der Waals surface area contributed by atoms with E-state index in [4.69, 9.17) is 9.47 Å². The number of alkyl carbamates (subject to hydrolysis) is 1. The lowest BCUT2D eigenvalue weighted by Gasteiger charge is -2.45. The first-order chi connectivity index (χ1) is 19.5. The Bertz CT molecular complexity index is 1360. The predicted octanol–water partition coefficient (Wildman–Crippen LogP) is 4.58. The van der Waals surface area contributed by atoms with Crippen LogP contribution < -0.4 is 10.6 Å². The summed E-state index contributed by atoms with van der Waals surface area (Å²) in [6.45, 7) is 4.73. The summed E-state index contributed by atoms with van der Waals surface area (Å²) in [5.74, 6) is -3.86. The van der Waals surface area contributed by atoms with Crippen molar-refractivity contribution in [2.75, 3.05) is 18.5 Å². The normalized spacial score (nSPS) is 19.0. The van der Waals surface area contributed by atoms with Crippen molar-refractivity contribution in [1.82, 2.24) is 10.3 Å². The van der Waals surface area contributed by atoms with Crippen LogP contribution in [0.1, 0.15) is 32.8 Å². The third-order valence-corrected chi connectivity index (χ3v) is 7.72. The van der Waals surface area contributed by atoms with Gasteiger partial charge in [0, 0.05) is 18.9 Å². The molecule has 1 aliphatic carbocycles. The van der Waals surface area contributed by atoms with Crippen molar-refractivity contribution in [3.05, 3.63) is 70.5 Å². The minimum absolute atomic E-state index is 0.00848. The summed E-state index contributed by atoms with van der Waals surface area (Å²) in [6, 6.07) is 12.7. The lowest BCUT2D eigenvalue weighted by molar-refractivity contribution is -0.760. The van der Waals surface area contributed by atoms with Crippen LogP contribution in [0.2, 0.25) is 0 Å². The molecule has 2 amide bonds. The highest BCUT2D eigenvalue weighted by atomic mass is 32.1. The maximum Gasteiger partial charge on any atom is 0.407 e. The highest BCUT2D eigenvalue weighted by Gasteiger charge is 2.52. The van der Waals surface area contributed by atoms with Gasteiger partial charge in [-0.25, -0.2) is 4.79 Å². The average molecular weight is 585 g/mol. The van der Waals surface area contributed by atoms with Crippen LogP contribution in [0.3, 0.4) is 0 Å². The fourth-order valence-corrected chi connectivity index (χ4v) is 5.77. The molecule has 12 nitrogen and oxygen atoms in total. The van der Waals surface area contributed by atoms with Gasteiger partial charge in [-0.05, 0) is 62.1 Å². The molecule has 2 heterocycles. The lowest BCUT2D eigenvalue weighted by Crippen LogP contribution is -2.53. The van der Waals surface area contributed by atoms with Crippen molar-refractivity contribution in [2.24, 2.45) is 23.7 Å². The Morgan fingerprint density at radius 1 is 1.20 bits per heavy atom. The number of nitrogens with one attached hydrogen (secondary N) is 2. The Kier molecular flexibility index (Phi) is 9.38. The number of anilines is 1. The SMILES string of the molecule is CC(C)(C)OC(=O)NC[C@@H](C(=O)Nc1cc2ccncc2s1)[C@@H]1C[C@@H](CO[N+](=O)[O-])C1C(=O)OCc1ccccc1. The van der Waals surface area contributed by atoms with Crippen LogP contribution in [0.25, 0.3) is 10.1 Å². The molecule has 13 heteroatoms. The fourth-order valence-electron chi connectivity index (χ4n) is 4.84. The quantitative estimate of drug-likeness (QED) is 0.187. The number of aromatic nitrogens is 1. The van der Waals surface area contributed by atoms with E-state index < -0.39 is 52.3 Å². The van der Waals surface area contributed by atoms with Crippen molar-refractivity contribution >= 4 is 44.4 Å². The molecule has 4 rings (SSSR count). The van der Waals surface area contributed by atoms with Crippen LogP contribution in [0, 0.1) is 33.8 Å².